The maximum atomic E-state index is 11.8. The van der Waals surface area contributed by atoms with Gasteiger partial charge in [0.1, 0.15) is 12.4 Å². The molecule has 2 rings (SSSR count). The summed E-state index contributed by atoms with van der Waals surface area (Å²) in [6.07, 6.45) is 1.77. The van der Waals surface area contributed by atoms with Gasteiger partial charge in [0, 0.05) is 12.1 Å². The van der Waals surface area contributed by atoms with E-state index in [-0.39, 0.29) is 12.5 Å². The maximum Gasteiger partial charge on any atom is 0.250 e. The fraction of sp³-hybridized carbons (Fsp3) is 0.350. The number of nitrogens with one attached hydrogen (secondary N) is 1. The Kier molecular flexibility index (Phi) is 7.30. The van der Waals surface area contributed by atoms with Gasteiger partial charge in [0.05, 0.1) is 13.2 Å². The van der Waals surface area contributed by atoms with Crippen LogP contribution in [0, 0.1) is 6.92 Å². The van der Waals surface area contributed by atoms with Crippen molar-refractivity contribution in [1.29, 1.82) is 0 Å². The van der Waals surface area contributed by atoms with Gasteiger partial charge in [-0.05, 0) is 48.7 Å². The summed E-state index contributed by atoms with van der Waals surface area (Å²) >= 11 is 0. The Hall–Kier alpha value is -2.33. The molecule has 0 unspecified atom stereocenters. The summed E-state index contributed by atoms with van der Waals surface area (Å²) in [5.74, 6) is 0.723. The normalized spacial score (nSPS) is 10.4. The number of hydrogen-bond donors (Lipinski definition) is 1. The molecule has 0 saturated heterocycles. The first-order valence-corrected chi connectivity index (χ1v) is 8.33. The van der Waals surface area contributed by atoms with Gasteiger partial charge in [0.15, 0.2) is 0 Å². The van der Waals surface area contributed by atoms with Gasteiger partial charge in [0.2, 0.25) is 5.91 Å². The average molecular weight is 327 g/mol. The van der Waals surface area contributed by atoms with E-state index in [1.807, 2.05) is 43.3 Å². The van der Waals surface area contributed by atoms with E-state index in [1.54, 1.807) is 0 Å². The first-order chi connectivity index (χ1) is 11.7. The highest BCUT2D eigenvalue weighted by Crippen LogP contribution is 2.12. The minimum absolute atomic E-state index is 0.0547. The van der Waals surface area contributed by atoms with E-state index in [9.17, 15) is 4.79 Å². The number of rotatable bonds is 9. The number of anilines is 1. The number of ether oxygens (including phenoxy) is 2. The van der Waals surface area contributed by atoms with Crippen LogP contribution in [0.25, 0.3) is 0 Å². The summed E-state index contributed by atoms with van der Waals surface area (Å²) in [5, 5.41) is 2.82. The Morgan fingerprint density at radius 1 is 1.08 bits per heavy atom. The molecule has 24 heavy (non-hydrogen) atoms. The molecule has 4 heteroatoms. The van der Waals surface area contributed by atoms with Gasteiger partial charge in [-0.1, -0.05) is 31.2 Å². The highest BCUT2D eigenvalue weighted by molar-refractivity contribution is 5.91. The Morgan fingerprint density at radius 2 is 1.88 bits per heavy atom. The van der Waals surface area contributed by atoms with E-state index in [1.165, 1.54) is 5.56 Å². The molecular weight excluding hydrogens is 302 g/mol. The molecule has 2 aromatic carbocycles. The Bertz CT molecular complexity index is 638. The zero-order valence-corrected chi connectivity index (χ0v) is 14.4. The molecule has 2 aromatic rings. The zero-order chi connectivity index (χ0) is 17.2. The molecule has 0 aliphatic heterocycles. The van der Waals surface area contributed by atoms with Crippen molar-refractivity contribution in [2.24, 2.45) is 0 Å². The summed E-state index contributed by atoms with van der Waals surface area (Å²) in [6.45, 7) is 5.24. The topological polar surface area (TPSA) is 47.6 Å². The second-order valence-corrected chi connectivity index (χ2v) is 5.67. The highest BCUT2D eigenvalue weighted by atomic mass is 16.5. The Labute approximate surface area is 143 Å². The van der Waals surface area contributed by atoms with E-state index in [2.05, 4.69) is 24.4 Å². The molecule has 0 saturated carbocycles. The molecule has 1 amide bonds. The molecular formula is C20H25NO3. The van der Waals surface area contributed by atoms with Gasteiger partial charge in [-0.3, -0.25) is 4.79 Å². The Morgan fingerprint density at radius 3 is 2.58 bits per heavy atom. The van der Waals surface area contributed by atoms with Crippen molar-refractivity contribution in [2.45, 2.75) is 26.7 Å². The first-order valence-electron chi connectivity index (χ1n) is 8.33. The largest absolute Gasteiger partial charge is 0.494 e. The van der Waals surface area contributed by atoms with Crippen molar-refractivity contribution in [2.75, 3.05) is 25.1 Å². The lowest BCUT2D eigenvalue weighted by Gasteiger charge is -2.08. The molecule has 0 bridgehead atoms. The third-order valence-corrected chi connectivity index (χ3v) is 3.57. The third-order valence-electron chi connectivity index (χ3n) is 3.57. The molecule has 0 spiro atoms. The van der Waals surface area contributed by atoms with E-state index in [4.69, 9.17) is 9.47 Å². The molecule has 128 valence electrons. The summed E-state index contributed by atoms with van der Waals surface area (Å²) in [4.78, 5) is 11.8. The van der Waals surface area contributed by atoms with Crippen molar-refractivity contribution in [3.05, 3.63) is 59.7 Å². The van der Waals surface area contributed by atoms with Crippen LogP contribution < -0.4 is 10.1 Å². The van der Waals surface area contributed by atoms with Crippen LogP contribution in [0.4, 0.5) is 5.69 Å². The lowest BCUT2D eigenvalue weighted by atomic mass is 10.2. The third kappa shape index (κ3) is 6.42. The van der Waals surface area contributed by atoms with E-state index >= 15 is 0 Å². The quantitative estimate of drug-likeness (QED) is 0.709. The van der Waals surface area contributed by atoms with Crippen molar-refractivity contribution >= 4 is 11.6 Å². The number of benzene rings is 2. The average Bonchev–Trinajstić information content (AvgIpc) is 2.58. The number of aryl methyl sites for hydroxylation is 2. The lowest BCUT2D eigenvalue weighted by Crippen LogP contribution is -2.19. The maximum absolute atomic E-state index is 11.8. The van der Waals surface area contributed by atoms with Gasteiger partial charge < -0.3 is 14.8 Å². The highest BCUT2D eigenvalue weighted by Gasteiger charge is 2.02. The molecule has 0 heterocycles. The van der Waals surface area contributed by atoms with Gasteiger partial charge in [-0.2, -0.15) is 0 Å². The van der Waals surface area contributed by atoms with Gasteiger partial charge >= 0.3 is 0 Å². The number of carbonyl (C=O) groups excluding carboxylic acids is 1. The summed E-state index contributed by atoms with van der Waals surface area (Å²) in [5.41, 5.74) is 3.20. The molecule has 0 radical (unpaired) electrons. The lowest BCUT2D eigenvalue weighted by molar-refractivity contribution is -0.120. The van der Waals surface area contributed by atoms with E-state index in [0.29, 0.717) is 13.2 Å². The van der Waals surface area contributed by atoms with Crippen LogP contribution in [0.15, 0.2) is 48.5 Å². The van der Waals surface area contributed by atoms with Crippen LogP contribution in [0.2, 0.25) is 0 Å². The molecule has 1 N–H and O–H groups in total. The number of hydrogen-bond acceptors (Lipinski definition) is 3. The molecule has 4 nitrogen and oxygen atoms in total. The van der Waals surface area contributed by atoms with Crippen LogP contribution in [0.1, 0.15) is 24.5 Å². The van der Waals surface area contributed by atoms with E-state index < -0.39 is 0 Å². The molecule has 0 aliphatic carbocycles. The minimum Gasteiger partial charge on any atom is -0.494 e. The summed E-state index contributed by atoms with van der Waals surface area (Å²) in [6, 6.07) is 15.8. The fourth-order valence-corrected chi connectivity index (χ4v) is 2.26. The zero-order valence-electron chi connectivity index (χ0n) is 14.4. The van der Waals surface area contributed by atoms with Crippen LogP contribution in [-0.2, 0) is 16.0 Å². The standard InChI is InChI=1S/C20H25NO3/c1-3-17-8-10-19(11-9-17)24-13-5-12-23-15-20(22)21-18-7-4-6-16(2)14-18/h4,6-11,14H,3,5,12-13,15H2,1-2H3,(H,21,22). The Balaban J connectivity index is 1.56. The van der Waals surface area contributed by atoms with Crippen LogP contribution >= 0.6 is 0 Å². The van der Waals surface area contributed by atoms with Crippen LogP contribution in [0.5, 0.6) is 5.75 Å². The second kappa shape index (κ2) is 9.73. The van der Waals surface area contributed by atoms with E-state index in [0.717, 1.165) is 29.8 Å². The molecule has 0 aliphatic rings. The van der Waals surface area contributed by atoms with Gasteiger partial charge in [-0.25, -0.2) is 0 Å². The van der Waals surface area contributed by atoms with Gasteiger partial charge in [0.25, 0.3) is 0 Å². The van der Waals surface area contributed by atoms with Gasteiger partial charge in [-0.15, -0.1) is 0 Å². The minimum atomic E-state index is -0.142. The predicted molar refractivity (Wildman–Crippen MR) is 96.6 cm³/mol. The summed E-state index contributed by atoms with van der Waals surface area (Å²) < 4.78 is 11.0. The van der Waals surface area contributed by atoms with Crippen LogP contribution in [-0.4, -0.2) is 25.7 Å². The SMILES string of the molecule is CCc1ccc(OCCCOCC(=O)Nc2cccc(C)c2)cc1. The van der Waals surface area contributed by atoms with Crippen molar-refractivity contribution < 1.29 is 14.3 Å². The number of carbonyl (C=O) groups is 1. The van der Waals surface area contributed by atoms with Crippen LogP contribution in [0.3, 0.4) is 0 Å². The fourth-order valence-electron chi connectivity index (χ4n) is 2.26. The van der Waals surface area contributed by atoms with Crippen molar-refractivity contribution in [3.63, 3.8) is 0 Å². The van der Waals surface area contributed by atoms with Crippen molar-refractivity contribution in [3.8, 4) is 5.75 Å². The first kappa shape index (κ1) is 18.0. The molecule has 0 fully saturated rings. The second-order valence-electron chi connectivity index (χ2n) is 5.67. The monoisotopic (exact) mass is 327 g/mol. The summed E-state index contributed by atoms with van der Waals surface area (Å²) in [7, 11) is 0. The smallest absolute Gasteiger partial charge is 0.250 e. The molecule has 0 aromatic heterocycles. The number of amides is 1. The predicted octanol–water partition coefficient (Wildman–Crippen LogP) is 3.98. The van der Waals surface area contributed by atoms with Crippen molar-refractivity contribution in [1.82, 2.24) is 0 Å². The molecule has 0 atom stereocenters.